The number of amides is 1. The Balaban J connectivity index is 1.37. The van der Waals surface area contributed by atoms with Crippen molar-refractivity contribution in [3.63, 3.8) is 0 Å². The van der Waals surface area contributed by atoms with Crippen molar-refractivity contribution in [2.24, 2.45) is 5.92 Å². The van der Waals surface area contributed by atoms with Crippen molar-refractivity contribution < 1.29 is 14.3 Å². The highest BCUT2D eigenvalue weighted by atomic mass is 16.6. The number of pyridine rings is 1. The van der Waals surface area contributed by atoms with Crippen LogP contribution < -0.4 is 15.8 Å². The number of hydrogen-bond donors (Lipinski definition) is 2. The number of hydrogen-bond acceptors (Lipinski definition) is 8. The van der Waals surface area contributed by atoms with Crippen molar-refractivity contribution in [3.8, 4) is 22.9 Å². The van der Waals surface area contributed by atoms with Gasteiger partial charge in [0.2, 0.25) is 11.8 Å². The lowest BCUT2D eigenvalue weighted by Crippen LogP contribution is -2.48. The van der Waals surface area contributed by atoms with Gasteiger partial charge in [-0.25, -0.2) is 19.7 Å². The second-order valence-electron chi connectivity index (χ2n) is 10.4. The van der Waals surface area contributed by atoms with E-state index >= 15 is 0 Å². The number of rotatable bonds is 8. The minimum atomic E-state index is -0.260. The number of fused-ring (bicyclic) bond motifs is 1. The molecule has 40 heavy (non-hydrogen) atoms. The highest BCUT2D eigenvalue weighted by Crippen LogP contribution is 2.38. The number of ether oxygens (including phenoxy) is 2. The fourth-order valence-electron chi connectivity index (χ4n) is 5.18. The van der Waals surface area contributed by atoms with Crippen LogP contribution in [0.3, 0.4) is 0 Å². The molecule has 2 atom stereocenters. The summed E-state index contributed by atoms with van der Waals surface area (Å²) in [6, 6.07) is 15.5. The van der Waals surface area contributed by atoms with E-state index in [0.29, 0.717) is 54.6 Å². The molecule has 1 saturated heterocycles. The Bertz CT molecular complexity index is 1490. The van der Waals surface area contributed by atoms with Crippen LogP contribution in [0.4, 0.5) is 16.4 Å². The van der Waals surface area contributed by atoms with Gasteiger partial charge in [-0.15, -0.1) is 0 Å². The minimum Gasteiger partial charge on any atom is -0.449 e. The van der Waals surface area contributed by atoms with Gasteiger partial charge in [-0.3, -0.25) is 0 Å². The van der Waals surface area contributed by atoms with Crippen molar-refractivity contribution in [3.05, 3.63) is 66.5 Å². The predicted molar refractivity (Wildman–Crippen MR) is 157 cm³/mol. The van der Waals surface area contributed by atoms with E-state index in [4.69, 9.17) is 20.2 Å². The van der Waals surface area contributed by atoms with E-state index in [1.54, 1.807) is 17.3 Å². The number of piperidine rings is 1. The number of benzene rings is 2. The topological polar surface area (TPSA) is 115 Å². The molecule has 2 aromatic carbocycles. The lowest BCUT2D eigenvalue weighted by molar-refractivity contribution is 0.0826. The predicted octanol–water partition coefficient (Wildman–Crippen LogP) is 6.43. The lowest BCUT2D eigenvalue weighted by Gasteiger charge is -2.36. The molecule has 9 nitrogen and oxygen atoms in total. The van der Waals surface area contributed by atoms with E-state index in [1.165, 1.54) is 0 Å². The van der Waals surface area contributed by atoms with Crippen molar-refractivity contribution in [2.75, 3.05) is 30.7 Å². The van der Waals surface area contributed by atoms with Crippen LogP contribution in [0.5, 0.6) is 11.6 Å². The Kier molecular flexibility index (Phi) is 8.28. The molecule has 2 aromatic heterocycles. The smallest absolute Gasteiger partial charge is 0.409 e. The highest BCUT2D eigenvalue weighted by Gasteiger charge is 2.29. The normalized spacial score (nSPS) is 17.0. The molecule has 4 aromatic rings. The third-order valence-electron chi connectivity index (χ3n) is 7.09. The Hall–Kier alpha value is -4.40. The fraction of sp³-hybridized carbons (Fsp3) is 0.355. The minimum absolute atomic E-state index is 0.00568. The van der Waals surface area contributed by atoms with Gasteiger partial charge in [0.05, 0.1) is 17.9 Å². The second-order valence-corrected chi connectivity index (χ2v) is 10.4. The van der Waals surface area contributed by atoms with Gasteiger partial charge in [-0.1, -0.05) is 44.5 Å². The molecular formula is C31H36N6O3. The molecule has 1 aliphatic rings. The second kappa shape index (κ2) is 12.2. The van der Waals surface area contributed by atoms with Gasteiger partial charge in [-0.2, -0.15) is 0 Å². The molecule has 1 amide bonds. The van der Waals surface area contributed by atoms with E-state index in [1.807, 2.05) is 55.5 Å². The van der Waals surface area contributed by atoms with Crippen LogP contribution in [0.2, 0.25) is 0 Å². The van der Waals surface area contributed by atoms with Crippen molar-refractivity contribution in [2.45, 2.75) is 46.1 Å². The number of nitrogens with two attached hydrogens (primary N) is 1. The number of aromatic nitrogens is 3. The first-order chi connectivity index (χ1) is 19.4. The Morgan fingerprint density at radius 3 is 2.75 bits per heavy atom. The zero-order valence-electron chi connectivity index (χ0n) is 23.3. The summed E-state index contributed by atoms with van der Waals surface area (Å²) in [4.78, 5) is 28.2. The van der Waals surface area contributed by atoms with Gasteiger partial charge in [-0.05, 0) is 55.5 Å². The first-order valence-corrected chi connectivity index (χ1v) is 13.8. The van der Waals surface area contributed by atoms with E-state index in [9.17, 15) is 4.79 Å². The average molecular weight is 541 g/mol. The monoisotopic (exact) mass is 540 g/mol. The van der Waals surface area contributed by atoms with Crippen LogP contribution in [0, 0.1) is 12.8 Å². The Labute approximate surface area is 234 Å². The maximum Gasteiger partial charge on any atom is 0.409 e. The molecule has 0 spiro atoms. The summed E-state index contributed by atoms with van der Waals surface area (Å²) in [7, 11) is 0. The van der Waals surface area contributed by atoms with Gasteiger partial charge in [0.25, 0.3) is 0 Å². The van der Waals surface area contributed by atoms with E-state index in [-0.39, 0.29) is 12.1 Å². The molecular weight excluding hydrogens is 504 g/mol. The van der Waals surface area contributed by atoms with Crippen molar-refractivity contribution >= 4 is 28.5 Å². The highest BCUT2D eigenvalue weighted by molar-refractivity contribution is 5.98. The van der Waals surface area contributed by atoms with Gasteiger partial charge < -0.3 is 25.4 Å². The SMILES string of the molecule is CCCCOC(=O)N1C[C@H](C)C[C@H](Nc2nccc(-c3cccnc3Oc3c(C)cc(N)c4ccccc34)n2)C1. The van der Waals surface area contributed by atoms with Crippen LogP contribution >= 0.6 is 0 Å². The molecule has 5 rings (SSSR count). The maximum atomic E-state index is 12.6. The van der Waals surface area contributed by atoms with Gasteiger partial charge in [0.15, 0.2) is 0 Å². The summed E-state index contributed by atoms with van der Waals surface area (Å²) >= 11 is 0. The summed E-state index contributed by atoms with van der Waals surface area (Å²) in [5, 5.41) is 5.29. The van der Waals surface area contributed by atoms with E-state index < -0.39 is 0 Å². The number of unbranched alkanes of at least 4 members (excludes halogenated alkanes) is 1. The molecule has 0 bridgehead atoms. The molecule has 3 N–H and O–H groups in total. The number of nitrogens with one attached hydrogen (secondary N) is 1. The van der Waals surface area contributed by atoms with Gasteiger partial charge in [0.1, 0.15) is 5.75 Å². The molecule has 3 heterocycles. The van der Waals surface area contributed by atoms with E-state index in [2.05, 4.69) is 29.1 Å². The summed E-state index contributed by atoms with van der Waals surface area (Å²) in [5.74, 6) is 1.96. The molecule has 208 valence electrons. The molecule has 9 heteroatoms. The lowest BCUT2D eigenvalue weighted by atomic mass is 9.96. The number of nitrogens with zero attached hydrogens (tertiary/aromatic N) is 4. The third kappa shape index (κ3) is 6.09. The third-order valence-corrected chi connectivity index (χ3v) is 7.09. The Morgan fingerprint density at radius 1 is 1.10 bits per heavy atom. The Morgan fingerprint density at radius 2 is 1.93 bits per heavy atom. The summed E-state index contributed by atoms with van der Waals surface area (Å²) < 4.78 is 11.9. The molecule has 1 fully saturated rings. The number of aryl methyl sites for hydroxylation is 1. The molecule has 0 saturated carbocycles. The first kappa shape index (κ1) is 27.2. The number of carbonyl (C=O) groups is 1. The zero-order valence-corrected chi connectivity index (χ0v) is 23.3. The van der Waals surface area contributed by atoms with Crippen LogP contribution in [0.1, 0.15) is 38.7 Å². The quantitative estimate of drug-likeness (QED) is 0.194. The molecule has 0 radical (unpaired) electrons. The number of carbonyl (C=O) groups excluding carboxylic acids is 1. The summed E-state index contributed by atoms with van der Waals surface area (Å²) in [6.07, 6.45) is 5.91. The summed E-state index contributed by atoms with van der Waals surface area (Å²) in [6.45, 7) is 7.85. The van der Waals surface area contributed by atoms with Crippen molar-refractivity contribution in [1.82, 2.24) is 19.9 Å². The standard InChI is InChI=1S/C31H36N6O3/c1-4-5-15-39-31(38)37-18-20(2)16-22(19-37)35-30-34-14-12-27(36-30)25-11-8-13-33-29(25)40-28-21(3)17-26(32)23-9-6-7-10-24(23)28/h6-14,17,20,22H,4-5,15-16,18-19,32H2,1-3H3,(H,34,35,36)/t20-,22+/m1/s1. The van der Waals surface area contributed by atoms with Gasteiger partial charge >= 0.3 is 6.09 Å². The zero-order chi connectivity index (χ0) is 28.1. The maximum absolute atomic E-state index is 12.6. The first-order valence-electron chi connectivity index (χ1n) is 13.8. The van der Waals surface area contributed by atoms with E-state index in [0.717, 1.165) is 41.2 Å². The number of likely N-dealkylation sites (tertiary alicyclic amines) is 1. The van der Waals surface area contributed by atoms with Gasteiger partial charge in [0, 0.05) is 48.0 Å². The van der Waals surface area contributed by atoms with Crippen LogP contribution in [-0.2, 0) is 4.74 Å². The molecule has 0 unspecified atom stereocenters. The number of nitrogen functional groups attached to an aromatic ring is 1. The van der Waals surface area contributed by atoms with Crippen LogP contribution in [0.25, 0.3) is 22.0 Å². The van der Waals surface area contributed by atoms with Crippen LogP contribution in [0.15, 0.2) is 60.9 Å². The fourth-order valence-corrected chi connectivity index (χ4v) is 5.18. The molecule has 1 aliphatic heterocycles. The molecule has 0 aliphatic carbocycles. The van der Waals surface area contributed by atoms with Crippen molar-refractivity contribution in [1.29, 1.82) is 0 Å². The average Bonchev–Trinajstić information content (AvgIpc) is 2.95. The number of anilines is 2. The summed E-state index contributed by atoms with van der Waals surface area (Å²) in [5.41, 5.74) is 9.32. The van der Waals surface area contributed by atoms with Crippen LogP contribution in [-0.4, -0.2) is 51.7 Å². The largest absolute Gasteiger partial charge is 0.449 e.